The molecule has 3 aromatic rings. The first-order chi connectivity index (χ1) is 17.4. The van der Waals surface area contributed by atoms with Crippen LogP contribution in [-0.4, -0.2) is 25.0 Å². The minimum atomic E-state index is 0.236. The van der Waals surface area contributed by atoms with Crippen LogP contribution in [0.25, 0.3) is 5.57 Å². The number of nitrogens with zero attached hydrogens (tertiary/aromatic N) is 1. The molecule has 0 fully saturated rings. The fourth-order valence-corrected chi connectivity index (χ4v) is 5.02. The number of fused-ring (bicyclic) bond motifs is 2. The van der Waals surface area contributed by atoms with Crippen molar-refractivity contribution in [3.63, 3.8) is 0 Å². The zero-order valence-corrected chi connectivity index (χ0v) is 22.7. The maximum absolute atomic E-state index is 6.11. The Kier molecular flexibility index (Phi) is 9.04. The van der Waals surface area contributed by atoms with E-state index in [1.54, 1.807) is 0 Å². The number of benzene rings is 3. The van der Waals surface area contributed by atoms with Crippen LogP contribution in [0.3, 0.4) is 0 Å². The largest absolute Gasteiger partial charge is 0.488 e. The molecule has 0 N–H and O–H groups in total. The Morgan fingerprint density at radius 3 is 2.25 bits per heavy atom. The van der Waals surface area contributed by atoms with Gasteiger partial charge in [-0.2, -0.15) is 0 Å². The first-order valence-corrected chi connectivity index (χ1v) is 13.7. The molecule has 0 unspecified atom stereocenters. The average molecular weight is 482 g/mol. The van der Waals surface area contributed by atoms with E-state index in [1.807, 2.05) is 0 Å². The Morgan fingerprint density at radius 1 is 0.778 bits per heavy atom. The Bertz CT molecular complexity index is 1090. The second-order valence-corrected chi connectivity index (χ2v) is 11.3. The number of para-hydroxylation sites is 1. The van der Waals surface area contributed by atoms with Gasteiger partial charge in [0, 0.05) is 12.1 Å². The SMILES string of the molecule is CN(CC/C=C1/c2ccccc2COc2ccccc21)CCCCCCc1ccc(C(C)(C)C)cc1. The van der Waals surface area contributed by atoms with Crippen LogP contribution in [0.5, 0.6) is 5.75 Å². The van der Waals surface area contributed by atoms with Crippen molar-refractivity contribution >= 4 is 5.57 Å². The van der Waals surface area contributed by atoms with Crippen LogP contribution in [0.4, 0.5) is 0 Å². The van der Waals surface area contributed by atoms with Crippen molar-refractivity contribution in [2.75, 3.05) is 20.1 Å². The summed E-state index contributed by atoms with van der Waals surface area (Å²) in [6, 6.07) is 26.3. The van der Waals surface area contributed by atoms with E-state index in [0.29, 0.717) is 6.61 Å². The molecule has 1 aliphatic heterocycles. The van der Waals surface area contributed by atoms with Gasteiger partial charge in [0.2, 0.25) is 0 Å². The number of ether oxygens (including phenoxy) is 1. The molecule has 0 amide bonds. The van der Waals surface area contributed by atoms with Crippen molar-refractivity contribution in [2.45, 2.75) is 71.3 Å². The Hall–Kier alpha value is -2.84. The maximum Gasteiger partial charge on any atom is 0.127 e. The lowest BCUT2D eigenvalue weighted by Gasteiger charge is -2.19. The van der Waals surface area contributed by atoms with Crippen LogP contribution >= 0.6 is 0 Å². The van der Waals surface area contributed by atoms with Crippen LogP contribution in [0.15, 0.2) is 78.9 Å². The van der Waals surface area contributed by atoms with Gasteiger partial charge in [0.05, 0.1) is 0 Å². The van der Waals surface area contributed by atoms with Gasteiger partial charge in [-0.1, -0.05) is 106 Å². The second kappa shape index (κ2) is 12.4. The molecule has 0 saturated carbocycles. The highest BCUT2D eigenvalue weighted by Gasteiger charge is 2.18. The summed E-state index contributed by atoms with van der Waals surface area (Å²) in [5.41, 5.74) is 8.21. The number of aryl methyl sites for hydroxylation is 1. The predicted molar refractivity (Wildman–Crippen MR) is 154 cm³/mol. The minimum Gasteiger partial charge on any atom is -0.488 e. The van der Waals surface area contributed by atoms with Gasteiger partial charge in [-0.25, -0.2) is 0 Å². The normalized spacial score (nSPS) is 14.3. The average Bonchev–Trinajstić information content (AvgIpc) is 3.03. The summed E-state index contributed by atoms with van der Waals surface area (Å²) in [5.74, 6) is 0.985. The third-order valence-corrected chi connectivity index (χ3v) is 7.30. The second-order valence-electron chi connectivity index (χ2n) is 11.3. The maximum atomic E-state index is 6.11. The highest BCUT2D eigenvalue weighted by molar-refractivity contribution is 5.84. The van der Waals surface area contributed by atoms with E-state index >= 15 is 0 Å². The Labute approximate surface area is 219 Å². The van der Waals surface area contributed by atoms with Crippen molar-refractivity contribution < 1.29 is 4.74 Å². The van der Waals surface area contributed by atoms with E-state index in [1.165, 1.54) is 72.0 Å². The molecule has 2 heteroatoms. The molecule has 36 heavy (non-hydrogen) atoms. The third-order valence-electron chi connectivity index (χ3n) is 7.30. The summed E-state index contributed by atoms with van der Waals surface area (Å²) in [5, 5.41) is 0. The van der Waals surface area contributed by atoms with Gasteiger partial charge in [-0.15, -0.1) is 0 Å². The molecular weight excluding hydrogens is 438 g/mol. The molecule has 1 heterocycles. The van der Waals surface area contributed by atoms with E-state index in [-0.39, 0.29) is 5.41 Å². The zero-order chi connectivity index (χ0) is 25.4. The highest BCUT2D eigenvalue weighted by Crippen LogP contribution is 2.36. The summed E-state index contributed by atoms with van der Waals surface area (Å²) in [7, 11) is 2.26. The van der Waals surface area contributed by atoms with Crippen LogP contribution in [0.2, 0.25) is 0 Å². The number of rotatable bonds is 10. The highest BCUT2D eigenvalue weighted by atomic mass is 16.5. The van der Waals surface area contributed by atoms with Gasteiger partial charge in [-0.05, 0) is 78.6 Å². The molecule has 0 spiro atoms. The first kappa shape index (κ1) is 26.2. The number of unbranched alkanes of at least 4 members (excludes halogenated alkanes) is 3. The summed E-state index contributed by atoms with van der Waals surface area (Å²) < 4.78 is 6.11. The Balaban J connectivity index is 1.20. The number of hydrogen-bond acceptors (Lipinski definition) is 2. The van der Waals surface area contributed by atoms with Gasteiger partial charge >= 0.3 is 0 Å². The van der Waals surface area contributed by atoms with E-state index in [0.717, 1.165) is 18.7 Å². The molecule has 0 bridgehead atoms. The van der Waals surface area contributed by atoms with Gasteiger partial charge < -0.3 is 9.64 Å². The fourth-order valence-electron chi connectivity index (χ4n) is 5.02. The molecule has 3 aromatic carbocycles. The zero-order valence-electron chi connectivity index (χ0n) is 22.7. The smallest absolute Gasteiger partial charge is 0.127 e. The number of hydrogen-bond donors (Lipinski definition) is 0. The first-order valence-electron chi connectivity index (χ1n) is 13.7. The molecule has 0 aromatic heterocycles. The molecule has 0 saturated heterocycles. The van der Waals surface area contributed by atoms with Gasteiger partial charge in [0.1, 0.15) is 12.4 Å². The topological polar surface area (TPSA) is 12.5 Å². The van der Waals surface area contributed by atoms with E-state index in [2.05, 4.69) is 112 Å². The summed E-state index contributed by atoms with van der Waals surface area (Å²) in [4.78, 5) is 2.48. The fraction of sp³-hybridized carbons (Fsp3) is 0.412. The molecule has 4 rings (SSSR count). The van der Waals surface area contributed by atoms with Crippen molar-refractivity contribution in [1.82, 2.24) is 4.90 Å². The standard InChI is InChI=1S/C34H43NO/c1-34(2,3)29-22-20-27(21-23-29)14-7-5-6-12-24-35(4)25-13-18-31-30-16-9-8-15-28(30)26-36-33-19-11-10-17-32(31)33/h8-11,15-23H,5-7,12-14,24-26H2,1-4H3/b31-18-. The quantitative estimate of drug-likeness (QED) is 0.269. The summed E-state index contributed by atoms with van der Waals surface area (Å²) in [6.07, 6.45) is 9.82. The molecule has 1 aliphatic rings. The van der Waals surface area contributed by atoms with Crippen molar-refractivity contribution in [3.8, 4) is 5.75 Å². The van der Waals surface area contributed by atoms with E-state index in [9.17, 15) is 0 Å². The predicted octanol–water partition coefficient (Wildman–Crippen LogP) is 8.43. The monoisotopic (exact) mass is 481 g/mol. The Morgan fingerprint density at radius 2 is 1.47 bits per heavy atom. The summed E-state index contributed by atoms with van der Waals surface area (Å²) in [6.45, 7) is 9.71. The van der Waals surface area contributed by atoms with E-state index < -0.39 is 0 Å². The van der Waals surface area contributed by atoms with E-state index in [4.69, 9.17) is 4.74 Å². The molecule has 0 radical (unpaired) electrons. The molecule has 2 nitrogen and oxygen atoms in total. The minimum absolute atomic E-state index is 0.236. The third kappa shape index (κ3) is 7.11. The van der Waals surface area contributed by atoms with Gasteiger partial charge in [0.25, 0.3) is 0 Å². The van der Waals surface area contributed by atoms with Gasteiger partial charge in [-0.3, -0.25) is 0 Å². The lowest BCUT2D eigenvalue weighted by molar-refractivity contribution is 0.307. The van der Waals surface area contributed by atoms with Crippen LogP contribution in [0.1, 0.15) is 80.7 Å². The van der Waals surface area contributed by atoms with Crippen molar-refractivity contribution in [3.05, 3.63) is 107 Å². The van der Waals surface area contributed by atoms with Crippen LogP contribution < -0.4 is 4.74 Å². The summed E-state index contributed by atoms with van der Waals surface area (Å²) >= 11 is 0. The van der Waals surface area contributed by atoms with Crippen molar-refractivity contribution in [1.29, 1.82) is 0 Å². The lowest BCUT2D eigenvalue weighted by atomic mass is 9.86. The van der Waals surface area contributed by atoms with Crippen LogP contribution in [-0.2, 0) is 18.4 Å². The van der Waals surface area contributed by atoms with Gasteiger partial charge in [0.15, 0.2) is 0 Å². The van der Waals surface area contributed by atoms with Crippen molar-refractivity contribution in [2.24, 2.45) is 0 Å². The van der Waals surface area contributed by atoms with Crippen LogP contribution in [0, 0.1) is 0 Å². The molecule has 0 aliphatic carbocycles. The molecule has 190 valence electrons. The molecule has 0 atom stereocenters. The lowest BCUT2D eigenvalue weighted by Crippen LogP contribution is -2.20. The molecular formula is C34H43NO.